The smallest absolute Gasteiger partial charge is 0.128 e. The molecule has 19 heavy (non-hydrogen) atoms. The molecule has 1 aromatic rings. The van der Waals surface area contributed by atoms with Crippen molar-refractivity contribution >= 4 is 0 Å². The molecule has 0 bridgehead atoms. The normalized spacial score (nSPS) is 12.9. The van der Waals surface area contributed by atoms with E-state index in [1.165, 1.54) is 18.2 Å². The molecular formula is C16H25F2N. The molecule has 0 radical (unpaired) electrons. The van der Waals surface area contributed by atoms with Crippen LogP contribution in [-0.2, 0) is 0 Å². The summed E-state index contributed by atoms with van der Waals surface area (Å²) in [6.45, 7) is 7.02. The molecule has 1 unspecified atom stereocenters. The first-order chi connectivity index (χ1) is 9.13. The van der Waals surface area contributed by atoms with Crippen LogP contribution >= 0.6 is 0 Å². The molecule has 3 heteroatoms. The van der Waals surface area contributed by atoms with Crippen molar-refractivity contribution in [2.45, 2.75) is 52.5 Å². The molecule has 0 aliphatic carbocycles. The van der Waals surface area contributed by atoms with Gasteiger partial charge in [0.15, 0.2) is 0 Å². The second-order valence-electron chi connectivity index (χ2n) is 5.04. The van der Waals surface area contributed by atoms with Crippen LogP contribution in [0.3, 0.4) is 0 Å². The van der Waals surface area contributed by atoms with Gasteiger partial charge in [0.05, 0.1) is 0 Å². The Kier molecular flexibility index (Phi) is 7.00. The molecule has 0 saturated heterocycles. The van der Waals surface area contributed by atoms with Crippen molar-refractivity contribution in [2.75, 3.05) is 6.54 Å². The Morgan fingerprint density at radius 1 is 1.05 bits per heavy atom. The number of hydrogen-bond acceptors (Lipinski definition) is 1. The molecule has 1 aromatic carbocycles. The minimum atomic E-state index is -0.369. The van der Waals surface area contributed by atoms with Gasteiger partial charge in [0.2, 0.25) is 0 Å². The Balaban J connectivity index is 3.05. The second-order valence-corrected chi connectivity index (χ2v) is 5.04. The molecular weight excluding hydrogens is 244 g/mol. The number of nitrogens with one attached hydrogen (secondary N) is 1. The number of benzene rings is 1. The Bertz CT molecular complexity index is 373. The van der Waals surface area contributed by atoms with Gasteiger partial charge in [0.25, 0.3) is 0 Å². The summed E-state index contributed by atoms with van der Waals surface area (Å²) in [7, 11) is 0. The van der Waals surface area contributed by atoms with Crippen molar-refractivity contribution in [2.24, 2.45) is 5.92 Å². The molecule has 0 amide bonds. The maximum Gasteiger partial charge on any atom is 0.128 e. The standard InChI is InChI=1S/C16H25F2N/c1-4-7-12(8-5-2)16(19-6-3)14-11-13(17)9-10-15(14)18/h9-12,16,19H,4-8H2,1-3H3. The van der Waals surface area contributed by atoms with Gasteiger partial charge in [-0.05, 0) is 43.5 Å². The van der Waals surface area contributed by atoms with Crippen LogP contribution in [0.15, 0.2) is 18.2 Å². The highest BCUT2D eigenvalue weighted by atomic mass is 19.1. The first-order valence-corrected chi connectivity index (χ1v) is 7.32. The summed E-state index contributed by atoms with van der Waals surface area (Å²) in [6.07, 6.45) is 4.18. The van der Waals surface area contributed by atoms with Crippen LogP contribution in [0.4, 0.5) is 8.78 Å². The largest absolute Gasteiger partial charge is 0.310 e. The van der Waals surface area contributed by atoms with Gasteiger partial charge in [-0.15, -0.1) is 0 Å². The van der Waals surface area contributed by atoms with Crippen LogP contribution in [0.25, 0.3) is 0 Å². The average molecular weight is 269 g/mol. The van der Waals surface area contributed by atoms with Crippen LogP contribution in [0, 0.1) is 17.6 Å². The van der Waals surface area contributed by atoms with E-state index >= 15 is 0 Å². The van der Waals surface area contributed by atoms with E-state index in [1.54, 1.807) is 0 Å². The van der Waals surface area contributed by atoms with Crippen molar-refractivity contribution in [3.63, 3.8) is 0 Å². The molecule has 1 rings (SSSR count). The zero-order valence-corrected chi connectivity index (χ0v) is 12.2. The van der Waals surface area contributed by atoms with E-state index < -0.39 is 0 Å². The first kappa shape index (κ1) is 16.1. The van der Waals surface area contributed by atoms with Crippen LogP contribution in [0.1, 0.15) is 58.1 Å². The maximum atomic E-state index is 14.0. The van der Waals surface area contributed by atoms with Crippen LogP contribution < -0.4 is 5.32 Å². The van der Waals surface area contributed by atoms with Crippen LogP contribution in [0.5, 0.6) is 0 Å². The molecule has 1 atom stereocenters. The van der Waals surface area contributed by atoms with E-state index in [2.05, 4.69) is 19.2 Å². The monoisotopic (exact) mass is 269 g/mol. The van der Waals surface area contributed by atoms with E-state index in [-0.39, 0.29) is 17.7 Å². The molecule has 1 N–H and O–H groups in total. The molecule has 0 saturated carbocycles. The zero-order valence-electron chi connectivity index (χ0n) is 12.2. The molecule has 0 aliphatic heterocycles. The SMILES string of the molecule is CCCC(CCC)C(NCC)c1cc(F)ccc1F. The summed E-state index contributed by atoms with van der Waals surface area (Å²) in [5, 5.41) is 3.33. The third-order valence-corrected chi connectivity index (χ3v) is 3.51. The van der Waals surface area contributed by atoms with Gasteiger partial charge in [-0.1, -0.05) is 33.6 Å². The minimum Gasteiger partial charge on any atom is -0.310 e. The summed E-state index contributed by atoms with van der Waals surface area (Å²) in [6, 6.07) is 3.64. The maximum absolute atomic E-state index is 14.0. The van der Waals surface area contributed by atoms with Gasteiger partial charge >= 0.3 is 0 Å². The van der Waals surface area contributed by atoms with E-state index in [0.717, 1.165) is 32.2 Å². The van der Waals surface area contributed by atoms with Crippen molar-refractivity contribution in [1.29, 1.82) is 0 Å². The molecule has 1 nitrogen and oxygen atoms in total. The van der Waals surface area contributed by atoms with Crippen molar-refractivity contribution in [3.8, 4) is 0 Å². The number of hydrogen-bond donors (Lipinski definition) is 1. The van der Waals surface area contributed by atoms with Gasteiger partial charge in [-0.25, -0.2) is 8.78 Å². The van der Waals surface area contributed by atoms with Crippen molar-refractivity contribution in [3.05, 3.63) is 35.4 Å². The molecule has 0 aromatic heterocycles. The predicted octanol–water partition coefficient (Wildman–Crippen LogP) is 4.83. The molecule has 0 heterocycles. The lowest BCUT2D eigenvalue weighted by Gasteiger charge is -2.28. The third-order valence-electron chi connectivity index (χ3n) is 3.51. The fourth-order valence-corrected chi connectivity index (χ4v) is 2.72. The summed E-state index contributed by atoms with van der Waals surface area (Å²) < 4.78 is 27.4. The van der Waals surface area contributed by atoms with E-state index in [0.29, 0.717) is 11.5 Å². The first-order valence-electron chi connectivity index (χ1n) is 7.32. The van der Waals surface area contributed by atoms with E-state index in [9.17, 15) is 8.78 Å². The molecule has 0 spiro atoms. The predicted molar refractivity (Wildman–Crippen MR) is 76.1 cm³/mol. The van der Waals surface area contributed by atoms with Gasteiger partial charge in [0, 0.05) is 11.6 Å². The summed E-state index contributed by atoms with van der Waals surface area (Å²) in [5.41, 5.74) is 0.466. The van der Waals surface area contributed by atoms with Crippen LogP contribution in [0.2, 0.25) is 0 Å². The van der Waals surface area contributed by atoms with Gasteiger partial charge in [-0.3, -0.25) is 0 Å². The Hall–Kier alpha value is -0.960. The van der Waals surface area contributed by atoms with Gasteiger partial charge < -0.3 is 5.32 Å². The van der Waals surface area contributed by atoms with Gasteiger partial charge in [-0.2, -0.15) is 0 Å². The fourth-order valence-electron chi connectivity index (χ4n) is 2.72. The summed E-state index contributed by atoms with van der Waals surface area (Å²) in [5.74, 6) is -0.332. The molecule has 0 fully saturated rings. The highest BCUT2D eigenvalue weighted by molar-refractivity contribution is 5.23. The fraction of sp³-hybridized carbons (Fsp3) is 0.625. The third kappa shape index (κ3) is 4.57. The van der Waals surface area contributed by atoms with Gasteiger partial charge in [0.1, 0.15) is 11.6 Å². The zero-order chi connectivity index (χ0) is 14.3. The lowest BCUT2D eigenvalue weighted by atomic mass is 9.86. The lowest BCUT2D eigenvalue weighted by Crippen LogP contribution is -2.29. The number of halogens is 2. The Morgan fingerprint density at radius 3 is 2.21 bits per heavy atom. The Morgan fingerprint density at radius 2 is 1.68 bits per heavy atom. The van der Waals surface area contributed by atoms with E-state index in [4.69, 9.17) is 0 Å². The molecule has 108 valence electrons. The number of rotatable bonds is 8. The van der Waals surface area contributed by atoms with Crippen molar-refractivity contribution in [1.82, 2.24) is 5.32 Å². The highest BCUT2D eigenvalue weighted by Crippen LogP contribution is 2.31. The lowest BCUT2D eigenvalue weighted by molar-refractivity contribution is 0.312. The summed E-state index contributed by atoms with van der Waals surface area (Å²) >= 11 is 0. The van der Waals surface area contributed by atoms with E-state index in [1.807, 2.05) is 6.92 Å². The quantitative estimate of drug-likeness (QED) is 0.712. The minimum absolute atomic E-state index is 0.0967. The van der Waals surface area contributed by atoms with Crippen LogP contribution in [-0.4, -0.2) is 6.54 Å². The Labute approximate surface area is 115 Å². The van der Waals surface area contributed by atoms with Crippen molar-refractivity contribution < 1.29 is 8.78 Å². The topological polar surface area (TPSA) is 12.0 Å². The average Bonchev–Trinajstić information content (AvgIpc) is 2.39. The molecule has 0 aliphatic rings. The highest BCUT2D eigenvalue weighted by Gasteiger charge is 2.24. The summed E-state index contributed by atoms with van der Waals surface area (Å²) in [4.78, 5) is 0. The second kappa shape index (κ2) is 8.26.